The average Bonchev–Trinajstić information content (AvgIpc) is 3.66. The Balaban J connectivity index is 1.11. The van der Waals surface area contributed by atoms with Gasteiger partial charge in [0.25, 0.3) is 0 Å². The van der Waals surface area contributed by atoms with Crippen LogP contribution >= 0.6 is 0 Å². The summed E-state index contributed by atoms with van der Waals surface area (Å²) < 4.78 is 0. The van der Waals surface area contributed by atoms with E-state index in [1.807, 2.05) is 12.1 Å². The van der Waals surface area contributed by atoms with Gasteiger partial charge < -0.3 is 0 Å². The van der Waals surface area contributed by atoms with Gasteiger partial charge in [0, 0.05) is 27.5 Å². The summed E-state index contributed by atoms with van der Waals surface area (Å²) >= 11 is 0. The van der Waals surface area contributed by atoms with Gasteiger partial charge in [-0.15, -0.1) is 0 Å². The molecule has 1 aromatic heterocycles. The topological polar surface area (TPSA) is 38.7 Å². The van der Waals surface area contributed by atoms with Crippen LogP contribution in [0.5, 0.6) is 0 Å². The van der Waals surface area contributed by atoms with Crippen LogP contribution in [0.25, 0.3) is 89.4 Å². The zero-order valence-corrected chi connectivity index (χ0v) is 33.1. The first kappa shape index (κ1) is 34.3. The molecular weight excluding hydrogens is 703 g/mol. The van der Waals surface area contributed by atoms with Gasteiger partial charge in [-0.1, -0.05) is 198 Å². The van der Waals surface area contributed by atoms with Gasteiger partial charge in [0.1, 0.15) is 0 Å². The van der Waals surface area contributed by atoms with Crippen LogP contribution in [-0.4, -0.2) is 15.0 Å². The van der Waals surface area contributed by atoms with Crippen molar-refractivity contribution in [1.29, 1.82) is 0 Å². The van der Waals surface area contributed by atoms with Crippen LogP contribution in [0.1, 0.15) is 49.9 Å². The molecule has 0 fully saturated rings. The Morgan fingerprint density at radius 2 is 0.741 bits per heavy atom. The summed E-state index contributed by atoms with van der Waals surface area (Å²) in [5, 5.41) is 2.35. The maximum atomic E-state index is 5.33. The zero-order chi connectivity index (χ0) is 39.2. The fourth-order valence-electron chi connectivity index (χ4n) is 9.85. The van der Waals surface area contributed by atoms with E-state index < -0.39 is 0 Å². The monoisotopic (exact) mass is 743 g/mol. The fraction of sp³-hybridized carbons (Fsp3) is 0.109. The van der Waals surface area contributed by atoms with Crippen molar-refractivity contribution in [3.05, 3.63) is 198 Å². The highest BCUT2D eigenvalue weighted by atomic mass is 15.0. The second kappa shape index (κ2) is 12.8. The summed E-state index contributed by atoms with van der Waals surface area (Å²) in [6, 6.07) is 63.0. The highest BCUT2D eigenvalue weighted by Crippen LogP contribution is 2.60. The van der Waals surface area contributed by atoms with Crippen LogP contribution in [0.15, 0.2) is 176 Å². The molecule has 0 bridgehead atoms. The van der Waals surface area contributed by atoms with E-state index in [2.05, 4.69) is 191 Å². The first-order valence-electron chi connectivity index (χ1n) is 20.2. The van der Waals surface area contributed by atoms with Crippen molar-refractivity contribution in [3.63, 3.8) is 0 Å². The molecule has 0 spiro atoms. The van der Waals surface area contributed by atoms with Gasteiger partial charge in [-0.05, 0) is 83.6 Å². The summed E-state index contributed by atoms with van der Waals surface area (Å²) in [7, 11) is 0. The molecule has 0 radical (unpaired) electrons. The Morgan fingerprint density at radius 1 is 0.310 bits per heavy atom. The van der Waals surface area contributed by atoms with Gasteiger partial charge in [0.15, 0.2) is 17.5 Å². The molecule has 0 aliphatic heterocycles. The van der Waals surface area contributed by atoms with E-state index >= 15 is 0 Å². The number of rotatable bonds is 5. The Kier molecular flexibility index (Phi) is 7.55. The van der Waals surface area contributed by atoms with Gasteiger partial charge in [0.05, 0.1) is 0 Å². The fourth-order valence-corrected chi connectivity index (χ4v) is 9.85. The molecule has 11 rings (SSSR count). The number of nitrogens with zero attached hydrogens (tertiary/aromatic N) is 3. The van der Waals surface area contributed by atoms with Crippen molar-refractivity contribution >= 4 is 10.8 Å². The third-order valence-electron chi connectivity index (χ3n) is 12.7. The molecule has 0 amide bonds. The van der Waals surface area contributed by atoms with E-state index in [0.717, 1.165) is 33.2 Å². The van der Waals surface area contributed by atoms with E-state index in [9.17, 15) is 0 Å². The Morgan fingerprint density at radius 3 is 1.34 bits per heavy atom. The van der Waals surface area contributed by atoms with Gasteiger partial charge in [-0.2, -0.15) is 0 Å². The highest BCUT2D eigenvalue weighted by molar-refractivity contribution is 6.09. The van der Waals surface area contributed by atoms with Crippen molar-refractivity contribution in [2.45, 2.75) is 38.5 Å². The second-order valence-corrected chi connectivity index (χ2v) is 16.8. The van der Waals surface area contributed by atoms with Crippen molar-refractivity contribution in [2.75, 3.05) is 0 Å². The van der Waals surface area contributed by atoms with Crippen LogP contribution in [-0.2, 0) is 10.8 Å². The standard InChI is InChI=1S/C55H41N3/c1-54(2)46-22-14-13-20-41(46)43-31-32-44-48-42-21-12-11-19-40(42)45(33-47(48)55(3,4)50(44)49(43)54)53-57-51(38-27-23-36(24-28-38)34-15-7-5-8-16-34)56-52(58-53)39-29-25-37(26-30-39)35-17-9-6-10-18-35/h5-33H,1-4H3. The lowest BCUT2D eigenvalue weighted by atomic mass is 9.72. The predicted octanol–water partition coefficient (Wildman–Crippen LogP) is 14.0. The lowest BCUT2D eigenvalue weighted by Crippen LogP contribution is -2.24. The van der Waals surface area contributed by atoms with Crippen molar-refractivity contribution < 1.29 is 0 Å². The van der Waals surface area contributed by atoms with Crippen LogP contribution in [0.3, 0.4) is 0 Å². The zero-order valence-electron chi connectivity index (χ0n) is 33.1. The van der Waals surface area contributed by atoms with E-state index in [4.69, 9.17) is 15.0 Å². The van der Waals surface area contributed by atoms with E-state index in [1.54, 1.807) is 0 Å². The van der Waals surface area contributed by atoms with Gasteiger partial charge in [0.2, 0.25) is 0 Å². The predicted molar refractivity (Wildman–Crippen MR) is 240 cm³/mol. The second-order valence-electron chi connectivity index (χ2n) is 16.8. The van der Waals surface area contributed by atoms with Crippen molar-refractivity contribution in [2.24, 2.45) is 0 Å². The normalized spacial score (nSPS) is 14.1. The molecule has 0 saturated heterocycles. The SMILES string of the molecule is CC1(C)c2ccccc2-c2ccc3c(c21)C(C)(C)c1cc(-c2nc(-c4ccc(-c5ccccc5)cc4)nc(-c4ccc(-c5ccccc5)cc4)n2)c2ccccc2c1-3. The summed E-state index contributed by atoms with van der Waals surface area (Å²) in [6.07, 6.45) is 0. The van der Waals surface area contributed by atoms with Gasteiger partial charge >= 0.3 is 0 Å². The Bertz CT molecular complexity index is 2970. The van der Waals surface area contributed by atoms with Crippen LogP contribution in [0.2, 0.25) is 0 Å². The molecule has 2 aliphatic rings. The molecule has 276 valence electrons. The average molecular weight is 744 g/mol. The first-order valence-corrected chi connectivity index (χ1v) is 20.2. The molecule has 0 N–H and O–H groups in total. The minimum Gasteiger partial charge on any atom is -0.208 e. The van der Waals surface area contributed by atoms with Gasteiger partial charge in [-0.3, -0.25) is 0 Å². The van der Waals surface area contributed by atoms with Crippen LogP contribution < -0.4 is 0 Å². The number of benzene rings is 8. The number of fused-ring (bicyclic) bond motifs is 9. The summed E-state index contributed by atoms with van der Waals surface area (Å²) in [5.74, 6) is 1.97. The van der Waals surface area contributed by atoms with Crippen molar-refractivity contribution in [3.8, 4) is 78.7 Å². The minimum atomic E-state index is -0.271. The number of aromatic nitrogens is 3. The van der Waals surface area contributed by atoms with Crippen LogP contribution in [0, 0.1) is 0 Å². The number of hydrogen-bond acceptors (Lipinski definition) is 3. The third-order valence-corrected chi connectivity index (χ3v) is 12.7. The van der Waals surface area contributed by atoms with Crippen molar-refractivity contribution in [1.82, 2.24) is 15.0 Å². The lowest BCUT2D eigenvalue weighted by molar-refractivity contribution is 0.601. The largest absolute Gasteiger partial charge is 0.208 e. The molecule has 58 heavy (non-hydrogen) atoms. The summed E-state index contributed by atoms with van der Waals surface area (Å²) in [5.41, 5.74) is 18.1. The molecule has 3 heteroatoms. The summed E-state index contributed by atoms with van der Waals surface area (Å²) in [4.78, 5) is 15.8. The number of hydrogen-bond donors (Lipinski definition) is 0. The molecule has 9 aromatic rings. The lowest BCUT2D eigenvalue weighted by Gasteiger charge is -2.30. The smallest absolute Gasteiger partial charge is 0.164 e. The summed E-state index contributed by atoms with van der Waals surface area (Å²) in [6.45, 7) is 9.60. The van der Waals surface area contributed by atoms with E-state index in [1.165, 1.54) is 61.0 Å². The van der Waals surface area contributed by atoms with Gasteiger partial charge in [-0.25, -0.2) is 15.0 Å². The molecule has 0 atom stereocenters. The molecule has 0 saturated carbocycles. The van der Waals surface area contributed by atoms with E-state index in [0.29, 0.717) is 17.5 Å². The quantitative estimate of drug-likeness (QED) is 0.176. The molecule has 8 aromatic carbocycles. The Labute approximate surface area is 339 Å². The van der Waals surface area contributed by atoms with E-state index in [-0.39, 0.29) is 10.8 Å². The molecule has 1 heterocycles. The molecule has 2 aliphatic carbocycles. The maximum absolute atomic E-state index is 5.33. The molecule has 0 unspecified atom stereocenters. The third kappa shape index (κ3) is 5.16. The maximum Gasteiger partial charge on any atom is 0.164 e. The highest BCUT2D eigenvalue weighted by Gasteiger charge is 2.46. The minimum absolute atomic E-state index is 0.126. The molecule has 3 nitrogen and oxygen atoms in total. The first-order chi connectivity index (χ1) is 28.3. The Hall–Kier alpha value is -6.97. The molecular formula is C55H41N3. The van der Waals surface area contributed by atoms with Crippen LogP contribution in [0.4, 0.5) is 0 Å².